The largest absolute Gasteiger partial charge is 0.385 e. The molecule has 70 valence electrons. The van der Waals surface area contributed by atoms with Crippen molar-refractivity contribution in [2.75, 3.05) is 11.9 Å². The summed E-state index contributed by atoms with van der Waals surface area (Å²) >= 11 is 3.52. The van der Waals surface area contributed by atoms with Gasteiger partial charge in [-0.2, -0.15) is 0 Å². The van der Waals surface area contributed by atoms with Gasteiger partial charge in [-0.3, -0.25) is 0 Å². The lowest BCUT2D eigenvalue weighted by Gasteiger charge is -2.24. The first kappa shape index (κ1) is 9.03. The van der Waals surface area contributed by atoms with Crippen LogP contribution in [0.2, 0.25) is 0 Å². The molecule has 0 saturated heterocycles. The summed E-state index contributed by atoms with van der Waals surface area (Å²) < 4.78 is 1.14. The zero-order valence-corrected chi connectivity index (χ0v) is 9.19. The molecule has 2 rings (SSSR count). The van der Waals surface area contributed by atoms with Crippen LogP contribution < -0.4 is 11.1 Å². The van der Waals surface area contributed by atoms with Crippen molar-refractivity contribution in [3.63, 3.8) is 0 Å². The fourth-order valence-electron chi connectivity index (χ4n) is 1.67. The van der Waals surface area contributed by atoms with Gasteiger partial charge >= 0.3 is 0 Å². The molecule has 0 spiro atoms. The topological polar surface area (TPSA) is 38.0 Å². The maximum absolute atomic E-state index is 6.00. The Kier molecular flexibility index (Phi) is 2.30. The van der Waals surface area contributed by atoms with Crippen molar-refractivity contribution >= 4 is 21.6 Å². The molecular weight excluding hydrogens is 228 g/mol. The molecule has 0 radical (unpaired) electrons. The van der Waals surface area contributed by atoms with Gasteiger partial charge in [-0.1, -0.05) is 15.9 Å². The first-order chi connectivity index (χ1) is 6.18. The van der Waals surface area contributed by atoms with Gasteiger partial charge in [0.25, 0.3) is 0 Å². The molecule has 2 nitrogen and oxygen atoms in total. The predicted octanol–water partition coefficient (Wildman–Crippen LogP) is 2.57. The zero-order valence-electron chi connectivity index (χ0n) is 7.60. The van der Waals surface area contributed by atoms with E-state index in [2.05, 4.69) is 40.3 Å². The highest BCUT2D eigenvalue weighted by molar-refractivity contribution is 9.10. The van der Waals surface area contributed by atoms with E-state index in [-0.39, 0.29) is 6.04 Å². The van der Waals surface area contributed by atoms with E-state index in [1.54, 1.807) is 0 Å². The van der Waals surface area contributed by atoms with Crippen LogP contribution in [0.4, 0.5) is 5.69 Å². The third-order valence-corrected chi connectivity index (χ3v) is 3.36. The number of nitrogens with two attached hydrogens (primary N) is 1. The fraction of sp³-hybridized carbons (Fsp3) is 0.400. The second kappa shape index (κ2) is 3.31. The lowest BCUT2D eigenvalue weighted by molar-refractivity contribution is 0.654. The Morgan fingerprint density at radius 1 is 1.54 bits per heavy atom. The summed E-state index contributed by atoms with van der Waals surface area (Å²) in [5.74, 6) is 0. The Morgan fingerprint density at radius 3 is 3.08 bits per heavy atom. The van der Waals surface area contributed by atoms with Crippen LogP contribution in [0.1, 0.15) is 23.6 Å². The maximum Gasteiger partial charge on any atom is 0.0392 e. The Hall–Kier alpha value is -0.540. The molecule has 0 fully saturated rings. The highest BCUT2D eigenvalue weighted by Crippen LogP contribution is 2.32. The van der Waals surface area contributed by atoms with Crippen molar-refractivity contribution < 1.29 is 0 Å². The van der Waals surface area contributed by atoms with Gasteiger partial charge in [0.15, 0.2) is 0 Å². The first-order valence-electron chi connectivity index (χ1n) is 4.48. The van der Waals surface area contributed by atoms with Crippen LogP contribution >= 0.6 is 15.9 Å². The van der Waals surface area contributed by atoms with E-state index in [1.165, 1.54) is 16.8 Å². The molecule has 1 aliphatic heterocycles. The van der Waals surface area contributed by atoms with Gasteiger partial charge in [-0.05, 0) is 36.6 Å². The third kappa shape index (κ3) is 1.58. The molecule has 0 bridgehead atoms. The second-order valence-electron chi connectivity index (χ2n) is 3.51. The minimum absolute atomic E-state index is 0.188. The highest BCUT2D eigenvalue weighted by atomic mass is 79.9. The molecular formula is C10H13BrN2. The summed E-state index contributed by atoms with van der Waals surface area (Å²) in [7, 11) is 0. The number of halogens is 1. The molecule has 13 heavy (non-hydrogen) atoms. The lowest BCUT2D eigenvalue weighted by atomic mass is 9.97. The van der Waals surface area contributed by atoms with Crippen molar-refractivity contribution in [2.45, 2.75) is 19.4 Å². The average molecular weight is 241 g/mol. The standard InChI is InChI=1S/C10H13BrN2/c1-6-4-10-7(5-8(6)11)9(12)2-3-13-10/h4-5,9,13H,2-3,12H2,1H3. The Bertz CT molecular complexity index is 336. The van der Waals surface area contributed by atoms with Crippen LogP contribution in [0, 0.1) is 6.92 Å². The highest BCUT2D eigenvalue weighted by Gasteiger charge is 2.16. The van der Waals surface area contributed by atoms with Crippen LogP contribution in [0.5, 0.6) is 0 Å². The number of nitrogens with one attached hydrogen (secondary N) is 1. The van der Waals surface area contributed by atoms with Crippen molar-refractivity contribution in [2.24, 2.45) is 5.73 Å². The Balaban J connectivity index is 2.52. The molecule has 1 atom stereocenters. The van der Waals surface area contributed by atoms with Crippen molar-refractivity contribution in [3.05, 3.63) is 27.7 Å². The fourth-order valence-corrected chi connectivity index (χ4v) is 2.04. The summed E-state index contributed by atoms with van der Waals surface area (Å²) in [6.45, 7) is 3.07. The summed E-state index contributed by atoms with van der Waals surface area (Å²) in [5.41, 5.74) is 9.67. The quantitative estimate of drug-likeness (QED) is 0.732. The van der Waals surface area contributed by atoms with Gasteiger partial charge in [0, 0.05) is 22.7 Å². The maximum atomic E-state index is 6.00. The second-order valence-corrected chi connectivity index (χ2v) is 4.36. The predicted molar refractivity (Wildman–Crippen MR) is 58.9 cm³/mol. The number of aryl methyl sites for hydroxylation is 1. The Labute approximate surface area is 86.6 Å². The van der Waals surface area contributed by atoms with E-state index in [9.17, 15) is 0 Å². The monoisotopic (exact) mass is 240 g/mol. The summed E-state index contributed by atoms with van der Waals surface area (Å²) in [6, 6.07) is 4.47. The van der Waals surface area contributed by atoms with Crippen LogP contribution in [-0.2, 0) is 0 Å². The minimum atomic E-state index is 0.188. The number of benzene rings is 1. The first-order valence-corrected chi connectivity index (χ1v) is 5.27. The summed E-state index contributed by atoms with van der Waals surface area (Å²) in [6.07, 6.45) is 1.02. The van der Waals surface area contributed by atoms with Gasteiger partial charge in [-0.15, -0.1) is 0 Å². The number of rotatable bonds is 0. The molecule has 0 aromatic heterocycles. The van der Waals surface area contributed by atoms with Crippen molar-refractivity contribution in [3.8, 4) is 0 Å². The van der Waals surface area contributed by atoms with Crippen LogP contribution in [0.25, 0.3) is 0 Å². The van der Waals surface area contributed by atoms with E-state index in [1.807, 2.05) is 0 Å². The van der Waals surface area contributed by atoms with E-state index < -0.39 is 0 Å². The summed E-state index contributed by atoms with van der Waals surface area (Å²) in [5, 5.41) is 3.36. The third-order valence-electron chi connectivity index (χ3n) is 2.50. The molecule has 3 heteroatoms. The van der Waals surface area contributed by atoms with Gasteiger partial charge in [0.1, 0.15) is 0 Å². The SMILES string of the molecule is Cc1cc2c(cc1Br)C(N)CCN2. The van der Waals surface area contributed by atoms with Gasteiger partial charge in [-0.25, -0.2) is 0 Å². The smallest absolute Gasteiger partial charge is 0.0392 e. The van der Waals surface area contributed by atoms with Gasteiger partial charge < -0.3 is 11.1 Å². The van der Waals surface area contributed by atoms with Crippen LogP contribution in [0.15, 0.2) is 16.6 Å². The molecule has 1 heterocycles. The normalized spacial score (nSPS) is 20.7. The number of hydrogen-bond donors (Lipinski definition) is 2. The molecule has 0 amide bonds. The minimum Gasteiger partial charge on any atom is -0.385 e. The number of fused-ring (bicyclic) bond motifs is 1. The Morgan fingerprint density at radius 2 is 2.31 bits per heavy atom. The summed E-state index contributed by atoms with van der Waals surface area (Å²) in [4.78, 5) is 0. The molecule has 0 aliphatic carbocycles. The zero-order chi connectivity index (χ0) is 9.42. The molecule has 3 N–H and O–H groups in total. The molecule has 1 aromatic carbocycles. The van der Waals surface area contributed by atoms with Crippen LogP contribution in [-0.4, -0.2) is 6.54 Å². The average Bonchev–Trinajstić information content (AvgIpc) is 2.09. The molecule has 1 aromatic rings. The van der Waals surface area contributed by atoms with Gasteiger partial charge in [0.2, 0.25) is 0 Å². The van der Waals surface area contributed by atoms with Crippen molar-refractivity contribution in [1.82, 2.24) is 0 Å². The van der Waals surface area contributed by atoms with E-state index in [0.29, 0.717) is 0 Å². The van der Waals surface area contributed by atoms with Gasteiger partial charge in [0.05, 0.1) is 0 Å². The van der Waals surface area contributed by atoms with Crippen molar-refractivity contribution in [1.29, 1.82) is 0 Å². The van der Waals surface area contributed by atoms with Crippen LogP contribution in [0.3, 0.4) is 0 Å². The molecule has 1 unspecified atom stereocenters. The lowest BCUT2D eigenvalue weighted by Crippen LogP contribution is -2.22. The van der Waals surface area contributed by atoms with E-state index in [0.717, 1.165) is 17.4 Å². The van der Waals surface area contributed by atoms with E-state index in [4.69, 9.17) is 5.73 Å². The number of hydrogen-bond acceptors (Lipinski definition) is 2. The number of anilines is 1. The van der Waals surface area contributed by atoms with E-state index >= 15 is 0 Å². The molecule has 1 aliphatic rings. The molecule has 0 saturated carbocycles.